The van der Waals surface area contributed by atoms with Crippen molar-refractivity contribution in [2.45, 2.75) is 19.5 Å². The number of hydrogen-bond donors (Lipinski definition) is 2. The lowest BCUT2D eigenvalue weighted by molar-refractivity contribution is -0.173. The van der Waals surface area contributed by atoms with Gasteiger partial charge in [-0.25, -0.2) is 0 Å². The quantitative estimate of drug-likeness (QED) is 0.696. The van der Waals surface area contributed by atoms with Gasteiger partial charge in [0.2, 0.25) is 0 Å². The molecule has 0 saturated heterocycles. The summed E-state index contributed by atoms with van der Waals surface area (Å²) in [5.41, 5.74) is 5.25. The zero-order valence-corrected chi connectivity index (χ0v) is 7.32. The maximum Gasteiger partial charge on any atom is 0.471 e. The molecule has 3 N–H and O–H groups in total. The molecule has 1 atom stereocenters. The van der Waals surface area contributed by atoms with Crippen LogP contribution in [0.3, 0.4) is 0 Å². The van der Waals surface area contributed by atoms with Crippen molar-refractivity contribution in [1.82, 2.24) is 5.32 Å². The van der Waals surface area contributed by atoms with Crippen molar-refractivity contribution in [1.29, 1.82) is 0 Å². The highest BCUT2D eigenvalue weighted by Gasteiger charge is 2.38. The Balaban J connectivity index is 3.82. The normalized spacial score (nSPS) is 13.9. The van der Waals surface area contributed by atoms with E-state index in [4.69, 9.17) is 5.73 Å². The zero-order valence-electron chi connectivity index (χ0n) is 7.32. The molecular weight excluding hydrogens is 185 g/mol. The van der Waals surface area contributed by atoms with Gasteiger partial charge < -0.3 is 11.1 Å². The largest absolute Gasteiger partial charge is 0.471 e. The fourth-order valence-corrected chi connectivity index (χ4v) is 0.732. The highest BCUT2D eigenvalue weighted by atomic mass is 19.4. The molecule has 0 aliphatic rings. The Hall–Kier alpha value is -0.780. The fraction of sp³-hybridized carbons (Fsp3) is 0.857. The molecule has 0 bridgehead atoms. The number of rotatable bonds is 4. The number of nitrogens with one attached hydrogen (secondary N) is 1. The van der Waals surface area contributed by atoms with Crippen LogP contribution in [0.2, 0.25) is 0 Å². The van der Waals surface area contributed by atoms with Gasteiger partial charge >= 0.3 is 12.1 Å². The molecule has 0 aromatic carbocycles. The molecule has 3 nitrogen and oxygen atoms in total. The van der Waals surface area contributed by atoms with Gasteiger partial charge in [-0.05, 0) is 12.5 Å². The number of nitrogens with two attached hydrogens (primary N) is 1. The lowest BCUT2D eigenvalue weighted by Gasteiger charge is -2.13. The van der Waals surface area contributed by atoms with E-state index in [1.165, 1.54) is 0 Å². The van der Waals surface area contributed by atoms with Crippen LogP contribution in [0.5, 0.6) is 0 Å². The number of halogens is 3. The molecule has 78 valence electrons. The number of carbonyl (C=O) groups is 1. The topological polar surface area (TPSA) is 55.1 Å². The molecule has 0 rings (SSSR count). The van der Waals surface area contributed by atoms with Crippen LogP contribution in [0.25, 0.3) is 0 Å². The minimum atomic E-state index is -4.80. The van der Waals surface area contributed by atoms with E-state index in [-0.39, 0.29) is 19.0 Å². The molecule has 0 aromatic heterocycles. The molecule has 0 aliphatic heterocycles. The Morgan fingerprint density at radius 1 is 1.54 bits per heavy atom. The Morgan fingerprint density at radius 3 is 2.38 bits per heavy atom. The van der Waals surface area contributed by atoms with Gasteiger partial charge in [0.05, 0.1) is 0 Å². The van der Waals surface area contributed by atoms with Crippen LogP contribution in [0.1, 0.15) is 13.3 Å². The summed E-state index contributed by atoms with van der Waals surface area (Å²) in [6, 6.07) is 0. The Morgan fingerprint density at radius 2 is 2.08 bits per heavy atom. The molecular formula is C7H13F3N2O. The van der Waals surface area contributed by atoms with Crippen LogP contribution in [-0.4, -0.2) is 25.2 Å². The molecule has 0 spiro atoms. The van der Waals surface area contributed by atoms with E-state index in [1.807, 2.05) is 0 Å². The van der Waals surface area contributed by atoms with E-state index < -0.39 is 12.1 Å². The average Bonchev–Trinajstić information content (AvgIpc) is 2.04. The van der Waals surface area contributed by atoms with Crippen molar-refractivity contribution in [3.8, 4) is 0 Å². The third-order valence-electron chi connectivity index (χ3n) is 1.72. The number of hydrogen-bond acceptors (Lipinski definition) is 2. The zero-order chi connectivity index (χ0) is 10.5. The Bertz CT molecular complexity index is 166. The van der Waals surface area contributed by atoms with E-state index in [0.29, 0.717) is 6.42 Å². The summed E-state index contributed by atoms with van der Waals surface area (Å²) in [5, 5.41) is 1.78. The second-order valence-electron chi connectivity index (χ2n) is 2.72. The second kappa shape index (κ2) is 5.06. The first-order valence-corrected chi connectivity index (χ1v) is 3.96. The van der Waals surface area contributed by atoms with Crippen molar-refractivity contribution in [2.24, 2.45) is 11.7 Å². The molecule has 6 heteroatoms. The smallest absolute Gasteiger partial charge is 0.348 e. The fourth-order valence-electron chi connectivity index (χ4n) is 0.732. The van der Waals surface area contributed by atoms with E-state index >= 15 is 0 Å². The van der Waals surface area contributed by atoms with Crippen LogP contribution >= 0.6 is 0 Å². The van der Waals surface area contributed by atoms with E-state index in [2.05, 4.69) is 0 Å². The molecule has 0 fully saturated rings. The van der Waals surface area contributed by atoms with Gasteiger partial charge in [-0.15, -0.1) is 0 Å². The summed E-state index contributed by atoms with van der Waals surface area (Å²) in [6.07, 6.45) is -4.15. The van der Waals surface area contributed by atoms with Crippen LogP contribution in [0.15, 0.2) is 0 Å². The van der Waals surface area contributed by atoms with Gasteiger partial charge in [0.25, 0.3) is 0 Å². The molecule has 13 heavy (non-hydrogen) atoms. The third kappa shape index (κ3) is 4.72. The SMILES string of the molecule is CCC(CN)CNC(=O)C(F)(F)F. The average molecular weight is 198 g/mol. The highest BCUT2D eigenvalue weighted by molar-refractivity contribution is 5.81. The number of alkyl halides is 3. The maximum absolute atomic E-state index is 11.7. The van der Waals surface area contributed by atoms with Crippen LogP contribution in [0, 0.1) is 5.92 Å². The summed E-state index contributed by atoms with van der Waals surface area (Å²) in [5.74, 6) is -1.99. The number of carbonyl (C=O) groups excluding carboxylic acids is 1. The van der Waals surface area contributed by atoms with Gasteiger partial charge in [0.1, 0.15) is 0 Å². The van der Waals surface area contributed by atoms with Crippen LogP contribution in [0.4, 0.5) is 13.2 Å². The predicted molar refractivity (Wildman–Crippen MR) is 41.9 cm³/mol. The summed E-state index contributed by atoms with van der Waals surface area (Å²) in [4.78, 5) is 10.3. The monoisotopic (exact) mass is 198 g/mol. The van der Waals surface area contributed by atoms with Gasteiger partial charge in [0.15, 0.2) is 0 Å². The second-order valence-corrected chi connectivity index (χ2v) is 2.72. The first-order valence-electron chi connectivity index (χ1n) is 3.96. The van der Waals surface area contributed by atoms with Crippen molar-refractivity contribution in [3.63, 3.8) is 0 Å². The van der Waals surface area contributed by atoms with Gasteiger partial charge in [-0.2, -0.15) is 13.2 Å². The van der Waals surface area contributed by atoms with E-state index in [0.717, 1.165) is 0 Å². The van der Waals surface area contributed by atoms with Gasteiger partial charge in [0, 0.05) is 6.54 Å². The Kier molecular flexibility index (Phi) is 4.76. The molecule has 1 amide bonds. The van der Waals surface area contributed by atoms with Crippen molar-refractivity contribution >= 4 is 5.91 Å². The molecule has 0 aromatic rings. The first kappa shape index (κ1) is 12.2. The van der Waals surface area contributed by atoms with Crippen molar-refractivity contribution in [3.05, 3.63) is 0 Å². The minimum absolute atomic E-state index is 0.0225. The lowest BCUT2D eigenvalue weighted by Crippen LogP contribution is -2.40. The summed E-state index contributed by atoms with van der Waals surface area (Å²) >= 11 is 0. The molecule has 0 aliphatic carbocycles. The summed E-state index contributed by atoms with van der Waals surface area (Å²) in [7, 11) is 0. The van der Waals surface area contributed by atoms with Crippen LogP contribution < -0.4 is 11.1 Å². The van der Waals surface area contributed by atoms with Gasteiger partial charge in [-0.1, -0.05) is 13.3 Å². The predicted octanol–water partition coefficient (Wildman–Crippen LogP) is 0.650. The number of amides is 1. The molecule has 0 heterocycles. The maximum atomic E-state index is 11.7. The van der Waals surface area contributed by atoms with Crippen molar-refractivity contribution < 1.29 is 18.0 Å². The van der Waals surface area contributed by atoms with Crippen molar-refractivity contribution in [2.75, 3.05) is 13.1 Å². The van der Waals surface area contributed by atoms with Gasteiger partial charge in [-0.3, -0.25) is 4.79 Å². The molecule has 0 saturated carbocycles. The minimum Gasteiger partial charge on any atom is -0.348 e. The first-order chi connectivity index (χ1) is 5.91. The van der Waals surface area contributed by atoms with Crippen LogP contribution in [-0.2, 0) is 4.79 Å². The molecule has 1 unspecified atom stereocenters. The van der Waals surface area contributed by atoms with E-state index in [9.17, 15) is 18.0 Å². The lowest BCUT2D eigenvalue weighted by atomic mass is 10.1. The van der Waals surface area contributed by atoms with E-state index in [1.54, 1.807) is 12.2 Å². The molecule has 0 radical (unpaired) electrons. The Labute approximate surface area is 74.5 Å². The highest BCUT2D eigenvalue weighted by Crippen LogP contribution is 2.14. The standard InChI is InChI=1S/C7H13F3N2O/c1-2-5(3-11)4-12-6(13)7(8,9)10/h5H,2-4,11H2,1H3,(H,12,13). The third-order valence-corrected chi connectivity index (χ3v) is 1.72. The summed E-state index contributed by atoms with van der Waals surface area (Å²) in [6.45, 7) is 2.05. The summed E-state index contributed by atoms with van der Waals surface area (Å²) < 4.78 is 35.0.